The van der Waals surface area contributed by atoms with E-state index < -0.39 is 0 Å². The molecule has 2 N–H and O–H groups in total. The third kappa shape index (κ3) is 2.44. The molecule has 138 valence electrons. The van der Waals surface area contributed by atoms with Crippen LogP contribution in [-0.4, -0.2) is 31.1 Å². The average Bonchev–Trinajstić information content (AvgIpc) is 3.31. The van der Waals surface area contributed by atoms with E-state index in [2.05, 4.69) is 14.8 Å². The van der Waals surface area contributed by atoms with E-state index in [-0.39, 0.29) is 17.9 Å². The molecule has 0 spiro atoms. The molecular weight excluding hydrogens is 342 g/mol. The lowest BCUT2D eigenvalue weighted by Crippen LogP contribution is -2.27. The highest BCUT2D eigenvalue weighted by Gasteiger charge is 2.26. The Hall–Kier alpha value is -2.86. The molecule has 3 aromatic heterocycles. The highest BCUT2D eigenvalue weighted by Crippen LogP contribution is 2.39. The number of rotatable bonds is 2. The van der Waals surface area contributed by atoms with Crippen LogP contribution in [-0.2, 0) is 0 Å². The molecule has 4 aromatic rings. The number of hydrogen-bond acceptors (Lipinski definition) is 5. The lowest BCUT2D eigenvalue weighted by atomic mass is 9.92. The van der Waals surface area contributed by atoms with E-state index in [1.807, 2.05) is 31.3 Å². The van der Waals surface area contributed by atoms with Crippen molar-refractivity contribution in [1.29, 1.82) is 0 Å². The molecule has 1 fully saturated rings. The summed E-state index contributed by atoms with van der Waals surface area (Å²) in [6.07, 6.45) is 7.17. The van der Waals surface area contributed by atoms with Crippen molar-refractivity contribution in [3.63, 3.8) is 0 Å². The molecule has 0 unspecified atom stereocenters. The Morgan fingerprint density at radius 3 is 2.78 bits per heavy atom. The van der Waals surface area contributed by atoms with Crippen LogP contribution in [0, 0.1) is 6.92 Å². The third-order valence-electron chi connectivity index (χ3n) is 5.80. The highest BCUT2D eigenvalue weighted by molar-refractivity contribution is 5.94. The van der Waals surface area contributed by atoms with E-state index in [4.69, 9.17) is 4.42 Å². The van der Waals surface area contributed by atoms with Crippen LogP contribution < -0.4 is 0 Å². The van der Waals surface area contributed by atoms with Gasteiger partial charge in [0, 0.05) is 17.1 Å². The highest BCUT2D eigenvalue weighted by atomic mass is 16.3. The minimum Gasteiger partial charge on any atom is -0.506 e. The molecule has 2 atom stereocenters. The van der Waals surface area contributed by atoms with Crippen LogP contribution in [0.2, 0.25) is 0 Å². The van der Waals surface area contributed by atoms with Crippen LogP contribution in [0.4, 0.5) is 0 Å². The molecule has 0 amide bonds. The summed E-state index contributed by atoms with van der Waals surface area (Å²) in [5, 5.41) is 31.6. The minimum atomic E-state index is -0.344. The minimum absolute atomic E-state index is 0.0477. The van der Waals surface area contributed by atoms with Gasteiger partial charge in [0.05, 0.1) is 23.8 Å². The zero-order valence-electron chi connectivity index (χ0n) is 15.1. The average molecular weight is 363 g/mol. The number of benzene rings is 1. The van der Waals surface area contributed by atoms with E-state index >= 15 is 0 Å². The molecule has 1 aromatic carbocycles. The fraction of sp³-hybridized carbons (Fsp3) is 0.333. The molecule has 1 aliphatic rings. The van der Waals surface area contributed by atoms with Gasteiger partial charge in [0.1, 0.15) is 17.0 Å². The molecule has 3 heterocycles. The van der Waals surface area contributed by atoms with Gasteiger partial charge in [-0.2, -0.15) is 0 Å². The molecule has 1 aliphatic carbocycles. The summed E-state index contributed by atoms with van der Waals surface area (Å²) in [5.41, 5.74) is 3.68. The summed E-state index contributed by atoms with van der Waals surface area (Å²) in [4.78, 5) is 0. The van der Waals surface area contributed by atoms with Crippen LogP contribution in [0.5, 0.6) is 5.75 Å². The molecule has 0 radical (unpaired) electrons. The van der Waals surface area contributed by atoms with Crippen molar-refractivity contribution < 1.29 is 14.6 Å². The summed E-state index contributed by atoms with van der Waals surface area (Å²) in [7, 11) is 0. The number of aromatic hydroxyl groups is 1. The first-order valence-corrected chi connectivity index (χ1v) is 9.36. The number of nitrogens with zero attached hydrogens (tertiary/aromatic N) is 3. The Balaban J connectivity index is 1.65. The molecule has 6 heteroatoms. The Kier molecular flexibility index (Phi) is 3.68. The number of hydrogen-bond donors (Lipinski definition) is 2. The number of furan rings is 1. The Labute approximate surface area is 156 Å². The third-order valence-corrected chi connectivity index (χ3v) is 5.80. The summed E-state index contributed by atoms with van der Waals surface area (Å²) in [5.74, 6) is 0.153. The molecule has 5 rings (SSSR count). The maximum atomic E-state index is 10.7. The van der Waals surface area contributed by atoms with Crippen LogP contribution in [0.25, 0.3) is 33.3 Å². The van der Waals surface area contributed by atoms with Crippen molar-refractivity contribution in [2.45, 2.75) is 44.8 Å². The number of aliphatic hydroxyl groups is 1. The van der Waals surface area contributed by atoms with Crippen LogP contribution in [0.15, 0.2) is 41.1 Å². The van der Waals surface area contributed by atoms with E-state index in [0.29, 0.717) is 22.2 Å². The number of aromatic nitrogens is 3. The van der Waals surface area contributed by atoms with Crippen LogP contribution in [0.3, 0.4) is 0 Å². The molecule has 0 bridgehead atoms. The standard InChI is InChI=1S/C21H21N3O3/c1-12-13-8-10-24(16-4-2-3-5-17(16)25)21(13)23-22-19(12)15-6-7-18-14(20(15)26)9-11-27-18/h6-11,16-17,25-26H,2-5H2,1H3/t16-,17-/m1/s1. The van der Waals surface area contributed by atoms with Gasteiger partial charge >= 0.3 is 0 Å². The van der Waals surface area contributed by atoms with Gasteiger partial charge in [-0.15, -0.1) is 10.2 Å². The van der Waals surface area contributed by atoms with Gasteiger partial charge in [-0.1, -0.05) is 12.8 Å². The summed E-state index contributed by atoms with van der Waals surface area (Å²) < 4.78 is 7.41. The topological polar surface area (TPSA) is 84.3 Å². The number of aliphatic hydroxyl groups excluding tert-OH is 1. The quantitative estimate of drug-likeness (QED) is 0.554. The second-order valence-corrected chi connectivity index (χ2v) is 7.35. The Bertz CT molecular complexity index is 1140. The number of phenols is 1. The predicted octanol–water partition coefficient (Wildman–Crippen LogP) is 4.33. The maximum Gasteiger partial charge on any atom is 0.163 e. The van der Waals surface area contributed by atoms with Crippen molar-refractivity contribution in [3.05, 3.63) is 42.3 Å². The van der Waals surface area contributed by atoms with Gasteiger partial charge in [-0.3, -0.25) is 0 Å². The van der Waals surface area contributed by atoms with Crippen molar-refractivity contribution in [1.82, 2.24) is 14.8 Å². The first-order chi connectivity index (χ1) is 13.1. The SMILES string of the molecule is Cc1c(-c2ccc3occc3c2O)nnc2c1ccn2[C@@H]1CCCC[C@H]1O. The smallest absolute Gasteiger partial charge is 0.163 e. The van der Waals surface area contributed by atoms with Crippen molar-refractivity contribution in [3.8, 4) is 17.0 Å². The first kappa shape index (κ1) is 16.3. The molecule has 27 heavy (non-hydrogen) atoms. The van der Waals surface area contributed by atoms with E-state index in [1.165, 1.54) is 0 Å². The first-order valence-electron chi connectivity index (χ1n) is 9.36. The fourth-order valence-corrected chi connectivity index (χ4v) is 4.30. The monoisotopic (exact) mass is 363 g/mol. The van der Waals surface area contributed by atoms with Gasteiger partial charge in [0.25, 0.3) is 0 Å². The second kappa shape index (κ2) is 6.09. The van der Waals surface area contributed by atoms with Crippen molar-refractivity contribution >= 4 is 22.0 Å². The van der Waals surface area contributed by atoms with Gasteiger partial charge in [-0.05, 0) is 49.6 Å². The lowest BCUT2D eigenvalue weighted by Gasteiger charge is -2.29. The van der Waals surface area contributed by atoms with E-state index in [1.54, 1.807) is 12.3 Å². The Morgan fingerprint density at radius 2 is 1.93 bits per heavy atom. The van der Waals surface area contributed by atoms with E-state index in [0.717, 1.165) is 42.3 Å². The van der Waals surface area contributed by atoms with Crippen LogP contribution in [0.1, 0.15) is 37.3 Å². The van der Waals surface area contributed by atoms with Gasteiger partial charge in [0.15, 0.2) is 5.65 Å². The maximum absolute atomic E-state index is 10.7. The molecule has 0 aliphatic heterocycles. The molecule has 6 nitrogen and oxygen atoms in total. The van der Waals surface area contributed by atoms with Gasteiger partial charge < -0.3 is 19.2 Å². The van der Waals surface area contributed by atoms with Crippen molar-refractivity contribution in [2.75, 3.05) is 0 Å². The fourth-order valence-electron chi connectivity index (χ4n) is 4.30. The normalized spacial score (nSPS) is 20.5. The van der Waals surface area contributed by atoms with Crippen LogP contribution >= 0.6 is 0 Å². The Morgan fingerprint density at radius 1 is 1.07 bits per heavy atom. The summed E-state index contributed by atoms with van der Waals surface area (Å²) >= 11 is 0. The number of fused-ring (bicyclic) bond motifs is 2. The summed E-state index contributed by atoms with van der Waals surface area (Å²) in [6.45, 7) is 1.99. The predicted molar refractivity (Wildman–Crippen MR) is 103 cm³/mol. The van der Waals surface area contributed by atoms with Gasteiger partial charge in [0.2, 0.25) is 0 Å². The lowest BCUT2D eigenvalue weighted by molar-refractivity contribution is 0.0773. The van der Waals surface area contributed by atoms with E-state index in [9.17, 15) is 10.2 Å². The largest absolute Gasteiger partial charge is 0.506 e. The zero-order chi connectivity index (χ0) is 18.5. The van der Waals surface area contributed by atoms with Crippen molar-refractivity contribution in [2.24, 2.45) is 0 Å². The molecule has 0 saturated heterocycles. The summed E-state index contributed by atoms with van der Waals surface area (Å²) in [6, 6.07) is 7.46. The van der Waals surface area contributed by atoms with Gasteiger partial charge in [-0.25, -0.2) is 0 Å². The zero-order valence-corrected chi connectivity index (χ0v) is 15.1. The second-order valence-electron chi connectivity index (χ2n) is 7.35. The number of aryl methyl sites for hydroxylation is 1. The molecular formula is C21H21N3O3. The number of phenolic OH excluding ortho intramolecular Hbond substituents is 1. The molecule has 1 saturated carbocycles.